The molecule has 2 aromatic carbocycles. The van der Waals surface area contributed by atoms with Crippen molar-refractivity contribution in [3.05, 3.63) is 64.7 Å². The lowest BCUT2D eigenvalue weighted by molar-refractivity contribution is 0.466. The molecule has 2 N–H and O–H groups in total. The highest BCUT2D eigenvalue weighted by Gasteiger charge is 2.21. The molecule has 0 spiro atoms. The molecule has 0 amide bonds. The molecule has 0 saturated heterocycles. The van der Waals surface area contributed by atoms with E-state index in [4.69, 9.17) is 17.3 Å². The van der Waals surface area contributed by atoms with Gasteiger partial charge in [0.2, 0.25) is 10.0 Å². The van der Waals surface area contributed by atoms with Gasteiger partial charge >= 0.3 is 0 Å². The van der Waals surface area contributed by atoms with Crippen molar-refractivity contribution < 1.29 is 8.42 Å². The van der Waals surface area contributed by atoms with Crippen LogP contribution >= 0.6 is 11.6 Å². The lowest BCUT2D eigenvalue weighted by atomic mass is 10.2. The van der Waals surface area contributed by atoms with E-state index in [1.165, 1.54) is 4.31 Å². The number of halogens is 1. The zero-order valence-corrected chi connectivity index (χ0v) is 13.2. The maximum atomic E-state index is 12.5. The number of nitrogens with zero attached hydrogens (tertiary/aromatic N) is 1. The van der Waals surface area contributed by atoms with E-state index >= 15 is 0 Å². The van der Waals surface area contributed by atoms with E-state index in [-0.39, 0.29) is 11.4 Å². The number of benzene rings is 2. The minimum atomic E-state index is -3.54. The molecule has 6 heteroatoms. The fraction of sp³-hybridized carbons (Fsp3) is 0.200. The first-order valence-electron chi connectivity index (χ1n) is 6.43. The van der Waals surface area contributed by atoms with Gasteiger partial charge in [-0.2, -0.15) is 4.31 Å². The molecule has 0 radical (unpaired) electrons. The molecule has 2 aromatic rings. The quantitative estimate of drug-likeness (QED) is 0.919. The molecule has 0 aliphatic heterocycles. The molecule has 112 valence electrons. The van der Waals surface area contributed by atoms with Crippen LogP contribution in [0.3, 0.4) is 0 Å². The third-order valence-corrected chi connectivity index (χ3v) is 5.21. The fourth-order valence-corrected chi connectivity index (χ4v) is 3.30. The van der Waals surface area contributed by atoms with Gasteiger partial charge in [0.1, 0.15) is 0 Å². The predicted molar refractivity (Wildman–Crippen MR) is 84.4 cm³/mol. The molecule has 0 atom stereocenters. The van der Waals surface area contributed by atoms with Crippen LogP contribution in [0.15, 0.2) is 53.4 Å². The number of rotatable bonds is 5. The Morgan fingerprint density at radius 3 is 2.38 bits per heavy atom. The molecule has 0 unspecified atom stereocenters. The second-order valence-corrected chi connectivity index (χ2v) is 7.22. The molecule has 21 heavy (non-hydrogen) atoms. The minimum absolute atomic E-state index is 0.252. The lowest BCUT2D eigenvalue weighted by Gasteiger charge is -2.17. The van der Waals surface area contributed by atoms with Gasteiger partial charge in [-0.3, -0.25) is 0 Å². The Morgan fingerprint density at radius 2 is 1.76 bits per heavy atom. The molecule has 0 saturated carbocycles. The molecule has 0 aliphatic carbocycles. The summed E-state index contributed by atoms with van der Waals surface area (Å²) in [4.78, 5) is 0.252. The number of hydrogen-bond donors (Lipinski definition) is 1. The van der Waals surface area contributed by atoms with Gasteiger partial charge in [-0.05, 0) is 35.4 Å². The second-order valence-electron chi connectivity index (χ2n) is 4.74. The minimum Gasteiger partial charge on any atom is -0.326 e. The number of hydrogen-bond acceptors (Lipinski definition) is 3. The van der Waals surface area contributed by atoms with Crippen molar-refractivity contribution in [3.63, 3.8) is 0 Å². The third-order valence-electron chi connectivity index (χ3n) is 3.16. The van der Waals surface area contributed by atoms with Crippen LogP contribution in [0.1, 0.15) is 11.1 Å². The predicted octanol–water partition coefficient (Wildman–Crippen LogP) is 2.62. The lowest BCUT2D eigenvalue weighted by Crippen LogP contribution is -2.26. The molecule has 0 heterocycles. The Labute approximate surface area is 130 Å². The summed E-state index contributed by atoms with van der Waals surface area (Å²) in [5.41, 5.74) is 7.22. The van der Waals surface area contributed by atoms with Crippen LogP contribution < -0.4 is 5.73 Å². The molecule has 0 fully saturated rings. The monoisotopic (exact) mass is 324 g/mol. The van der Waals surface area contributed by atoms with E-state index in [1.54, 1.807) is 43.4 Å². The van der Waals surface area contributed by atoms with E-state index in [0.29, 0.717) is 11.6 Å². The summed E-state index contributed by atoms with van der Waals surface area (Å²) >= 11 is 5.82. The van der Waals surface area contributed by atoms with E-state index in [9.17, 15) is 8.42 Å². The zero-order chi connectivity index (χ0) is 15.5. The SMILES string of the molecule is CN(Cc1ccc(Cl)cc1)S(=O)(=O)c1cccc(CN)c1. The van der Waals surface area contributed by atoms with E-state index < -0.39 is 10.0 Å². The Bertz CT molecular complexity index is 715. The summed E-state index contributed by atoms with van der Waals surface area (Å²) < 4.78 is 26.4. The maximum Gasteiger partial charge on any atom is 0.243 e. The van der Waals surface area contributed by atoms with Crippen LogP contribution in [0.4, 0.5) is 0 Å². The Kier molecular flexibility index (Phi) is 5.00. The second kappa shape index (κ2) is 6.58. The van der Waals surface area contributed by atoms with Gasteiger partial charge in [0.25, 0.3) is 0 Å². The van der Waals surface area contributed by atoms with Crippen molar-refractivity contribution in [2.45, 2.75) is 18.0 Å². The van der Waals surface area contributed by atoms with Crippen molar-refractivity contribution in [2.24, 2.45) is 5.73 Å². The van der Waals surface area contributed by atoms with Crippen LogP contribution in [-0.4, -0.2) is 19.8 Å². The maximum absolute atomic E-state index is 12.5. The van der Waals surface area contributed by atoms with Gasteiger partial charge in [0.15, 0.2) is 0 Å². The first-order valence-corrected chi connectivity index (χ1v) is 8.25. The van der Waals surface area contributed by atoms with Crippen molar-refractivity contribution >= 4 is 21.6 Å². The highest BCUT2D eigenvalue weighted by molar-refractivity contribution is 7.89. The fourth-order valence-electron chi connectivity index (χ4n) is 1.94. The first kappa shape index (κ1) is 16.0. The van der Waals surface area contributed by atoms with Gasteiger partial charge in [-0.25, -0.2) is 8.42 Å². The third kappa shape index (κ3) is 3.83. The normalized spacial score (nSPS) is 11.8. The van der Waals surface area contributed by atoms with Crippen LogP contribution in [-0.2, 0) is 23.1 Å². The molecule has 2 rings (SSSR count). The van der Waals surface area contributed by atoms with Crippen LogP contribution in [0.25, 0.3) is 0 Å². The molecule has 0 aliphatic rings. The average molecular weight is 325 g/mol. The molecule has 0 bridgehead atoms. The topological polar surface area (TPSA) is 63.4 Å². The smallest absolute Gasteiger partial charge is 0.243 e. The van der Waals surface area contributed by atoms with Crippen molar-refractivity contribution in [1.82, 2.24) is 4.31 Å². The molecule has 0 aromatic heterocycles. The van der Waals surface area contributed by atoms with Crippen LogP contribution in [0.2, 0.25) is 5.02 Å². The summed E-state index contributed by atoms with van der Waals surface area (Å²) in [5.74, 6) is 0. The standard InChI is InChI=1S/C15H17ClN2O2S/c1-18(11-12-5-7-14(16)8-6-12)21(19,20)15-4-2-3-13(9-15)10-17/h2-9H,10-11,17H2,1H3. The highest BCUT2D eigenvalue weighted by Crippen LogP contribution is 2.19. The zero-order valence-electron chi connectivity index (χ0n) is 11.7. The van der Waals surface area contributed by atoms with Crippen LogP contribution in [0, 0.1) is 0 Å². The Morgan fingerprint density at radius 1 is 1.10 bits per heavy atom. The van der Waals surface area contributed by atoms with Gasteiger partial charge in [-0.1, -0.05) is 35.9 Å². The number of sulfonamides is 1. The molecule has 4 nitrogen and oxygen atoms in total. The van der Waals surface area contributed by atoms with E-state index in [2.05, 4.69) is 0 Å². The molecular weight excluding hydrogens is 308 g/mol. The summed E-state index contributed by atoms with van der Waals surface area (Å²) in [7, 11) is -1.98. The van der Waals surface area contributed by atoms with Crippen molar-refractivity contribution in [2.75, 3.05) is 7.05 Å². The number of nitrogens with two attached hydrogens (primary N) is 1. The van der Waals surface area contributed by atoms with E-state index in [1.807, 2.05) is 12.1 Å². The van der Waals surface area contributed by atoms with Gasteiger partial charge in [0.05, 0.1) is 4.90 Å². The Balaban J connectivity index is 2.23. The summed E-state index contributed by atoms with van der Waals surface area (Å²) in [6.07, 6.45) is 0. The summed E-state index contributed by atoms with van der Waals surface area (Å²) in [6, 6.07) is 13.8. The van der Waals surface area contributed by atoms with Gasteiger partial charge in [-0.15, -0.1) is 0 Å². The van der Waals surface area contributed by atoms with Gasteiger partial charge in [0, 0.05) is 25.2 Å². The van der Waals surface area contributed by atoms with Crippen molar-refractivity contribution in [3.8, 4) is 0 Å². The largest absolute Gasteiger partial charge is 0.326 e. The average Bonchev–Trinajstić information content (AvgIpc) is 2.49. The van der Waals surface area contributed by atoms with Crippen molar-refractivity contribution in [1.29, 1.82) is 0 Å². The Hall–Kier alpha value is -1.40. The summed E-state index contributed by atoms with van der Waals surface area (Å²) in [6.45, 7) is 0.594. The highest BCUT2D eigenvalue weighted by atomic mass is 35.5. The first-order chi connectivity index (χ1) is 9.93. The summed E-state index contributed by atoms with van der Waals surface area (Å²) in [5, 5.41) is 0.625. The van der Waals surface area contributed by atoms with E-state index in [0.717, 1.165) is 11.1 Å². The van der Waals surface area contributed by atoms with Crippen LogP contribution in [0.5, 0.6) is 0 Å². The van der Waals surface area contributed by atoms with Gasteiger partial charge < -0.3 is 5.73 Å². The molecular formula is C15H17ClN2O2S.